The number of nitrogens with zero attached hydrogens (tertiary/aromatic N) is 1. The van der Waals surface area contributed by atoms with Gasteiger partial charge < -0.3 is 25.1 Å². The third-order valence-corrected chi connectivity index (χ3v) is 4.19. The van der Waals surface area contributed by atoms with E-state index < -0.39 is 0 Å². The minimum atomic E-state index is -0.373. The van der Waals surface area contributed by atoms with Crippen molar-refractivity contribution in [2.75, 3.05) is 20.3 Å². The van der Waals surface area contributed by atoms with Crippen LogP contribution in [-0.4, -0.2) is 49.4 Å². The Morgan fingerprint density at radius 2 is 2.29 bits per heavy atom. The first kappa shape index (κ1) is 18.1. The summed E-state index contributed by atoms with van der Waals surface area (Å²) in [7, 11) is 1.48. The summed E-state index contributed by atoms with van der Waals surface area (Å²) in [4.78, 5) is 16.4. The number of aliphatic imine (C=N–C) groups is 1. The SMILES string of the molecule is CCC(C)[C@H]([NH3+])C(=O)OC[C@@H]1COC(c2ccc(O)c(OC)c2)=N1. The summed E-state index contributed by atoms with van der Waals surface area (Å²) < 4.78 is 15.9. The van der Waals surface area contributed by atoms with Crippen molar-refractivity contribution >= 4 is 11.9 Å². The number of ether oxygens (including phenoxy) is 3. The highest BCUT2D eigenvalue weighted by Crippen LogP contribution is 2.27. The normalized spacial score (nSPS) is 19.2. The first-order valence-electron chi connectivity index (χ1n) is 8.04. The smallest absolute Gasteiger partial charge is 0.365 e. The van der Waals surface area contributed by atoms with Gasteiger partial charge in [0.05, 0.1) is 7.11 Å². The Morgan fingerprint density at radius 1 is 1.54 bits per heavy atom. The zero-order valence-electron chi connectivity index (χ0n) is 14.3. The summed E-state index contributed by atoms with van der Waals surface area (Å²) in [5.74, 6) is 0.724. The second kappa shape index (κ2) is 8.01. The highest BCUT2D eigenvalue weighted by atomic mass is 16.5. The van der Waals surface area contributed by atoms with E-state index in [-0.39, 0.29) is 36.3 Å². The molecular weight excluding hydrogens is 312 g/mol. The predicted octanol–water partition coefficient (Wildman–Crippen LogP) is 0.746. The molecule has 1 unspecified atom stereocenters. The minimum absolute atomic E-state index is 0.0526. The number of rotatable bonds is 7. The molecule has 0 bridgehead atoms. The number of quaternary nitrogens is 1. The van der Waals surface area contributed by atoms with Crippen LogP contribution in [0.5, 0.6) is 11.5 Å². The van der Waals surface area contributed by atoms with Gasteiger partial charge in [0.25, 0.3) is 0 Å². The maximum Gasteiger partial charge on any atom is 0.365 e. The molecule has 7 heteroatoms. The molecule has 0 amide bonds. The molecule has 0 radical (unpaired) electrons. The number of phenolic OH excluding ortho intramolecular Hbond substituents is 1. The van der Waals surface area contributed by atoms with Crippen molar-refractivity contribution in [3.8, 4) is 11.5 Å². The molecule has 4 N–H and O–H groups in total. The molecule has 0 fully saturated rings. The summed E-state index contributed by atoms with van der Waals surface area (Å²) in [5, 5.41) is 9.62. The summed E-state index contributed by atoms with van der Waals surface area (Å²) in [5.41, 5.74) is 4.57. The molecule has 7 nitrogen and oxygen atoms in total. The molecule has 0 aromatic heterocycles. The number of benzene rings is 1. The van der Waals surface area contributed by atoms with Gasteiger partial charge in [0.15, 0.2) is 17.5 Å². The molecule has 132 valence electrons. The highest BCUT2D eigenvalue weighted by Gasteiger charge is 2.27. The van der Waals surface area contributed by atoms with Gasteiger partial charge in [0, 0.05) is 11.5 Å². The van der Waals surface area contributed by atoms with Crippen LogP contribution in [0.3, 0.4) is 0 Å². The van der Waals surface area contributed by atoms with Crippen LogP contribution < -0.4 is 10.5 Å². The van der Waals surface area contributed by atoms with E-state index in [4.69, 9.17) is 14.2 Å². The molecule has 1 aromatic carbocycles. The van der Waals surface area contributed by atoms with Crippen LogP contribution in [0.1, 0.15) is 25.8 Å². The quantitative estimate of drug-likeness (QED) is 0.714. The number of methoxy groups -OCH3 is 1. The fraction of sp³-hybridized carbons (Fsp3) is 0.529. The van der Waals surface area contributed by atoms with Crippen LogP contribution in [0.4, 0.5) is 0 Å². The maximum absolute atomic E-state index is 12.0. The molecule has 0 aliphatic carbocycles. The van der Waals surface area contributed by atoms with E-state index in [0.29, 0.717) is 23.8 Å². The number of carbonyl (C=O) groups is 1. The number of hydrogen-bond acceptors (Lipinski definition) is 6. The first-order chi connectivity index (χ1) is 11.5. The number of aromatic hydroxyl groups is 1. The average molecular weight is 337 g/mol. The Hall–Kier alpha value is -2.28. The van der Waals surface area contributed by atoms with Gasteiger partial charge in [-0.1, -0.05) is 13.8 Å². The second-order valence-corrected chi connectivity index (χ2v) is 5.91. The Labute approximate surface area is 141 Å². The van der Waals surface area contributed by atoms with Gasteiger partial charge in [0.1, 0.15) is 19.3 Å². The van der Waals surface area contributed by atoms with Gasteiger partial charge in [-0.05, 0) is 24.6 Å². The van der Waals surface area contributed by atoms with Crippen molar-refractivity contribution < 1.29 is 29.8 Å². The Morgan fingerprint density at radius 3 is 2.96 bits per heavy atom. The zero-order chi connectivity index (χ0) is 17.7. The van der Waals surface area contributed by atoms with Crippen molar-refractivity contribution in [3.63, 3.8) is 0 Å². The fourth-order valence-electron chi connectivity index (χ4n) is 2.27. The topological polar surface area (TPSA) is 105 Å². The van der Waals surface area contributed by atoms with Crippen LogP contribution in [0, 0.1) is 5.92 Å². The van der Waals surface area contributed by atoms with Gasteiger partial charge in [0.2, 0.25) is 5.90 Å². The number of hydrogen-bond donors (Lipinski definition) is 2. The maximum atomic E-state index is 12.0. The van der Waals surface area contributed by atoms with Crippen LogP contribution in [0.15, 0.2) is 23.2 Å². The molecule has 0 saturated carbocycles. The lowest BCUT2D eigenvalue weighted by atomic mass is 10.0. The Balaban J connectivity index is 1.95. The third kappa shape index (κ3) is 4.17. The summed E-state index contributed by atoms with van der Waals surface area (Å²) in [6, 6.07) is 4.25. The van der Waals surface area contributed by atoms with Crippen molar-refractivity contribution in [1.29, 1.82) is 0 Å². The number of esters is 1. The van der Waals surface area contributed by atoms with E-state index in [1.165, 1.54) is 13.2 Å². The van der Waals surface area contributed by atoms with Crippen molar-refractivity contribution in [2.24, 2.45) is 10.9 Å². The molecule has 1 heterocycles. The standard InChI is InChI=1S/C17H24N2O5/c1-4-10(2)15(18)17(21)24-9-12-8-23-16(19-12)11-5-6-13(20)14(7-11)22-3/h5-7,10,12,15,20H,4,8-9,18H2,1-3H3/p+1/t10?,12-,15-/m0/s1. The van der Waals surface area contributed by atoms with Crippen molar-refractivity contribution in [1.82, 2.24) is 0 Å². The van der Waals surface area contributed by atoms with E-state index in [9.17, 15) is 9.90 Å². The molecule has 3 atom stereocenters. The van der Waals surface area contributed by atoms with E-state index in [1.54, 1.807) is 12.1 Å². The fourth-order valence-corrected chi connectivity index (χ4v) is 2.27. The molecule has 0 saturated heterocycles. The second-order valence-electron chi connectivity index (χ2n) is 5.91. The minimum Gasteiger partial charge on any atom is -0.504 e. The Kier molecular flexibility index (Phi) is 6.03. The summed E-state index contributed by atoms with van der Waals surface area (Å²) in [6.07, 6.45) is 0.876. The molecule has 24 heavy (non-hydrogen) atoms. The highest BCUT2D eigenvalue weighted by molar-refractivity contribution is 5.95. The van der Waals surface area contributed by atoms with Crippen LogP contribution in [-0.2, 0) is 14.3 Å². The zero-order valence-corrected chi connectivity index (χ0v) is 14.3. The summed E-state index contributed by atoms with van der Waals surface area (Å²) >= 11 is 0. The van der Waals surface area contributed by atoms with E-state index in [1.807, 2.05) is 13.8 Å². The van der Waals surface area contributed by atoms with E-state index >= 15 is 0 Å². The average Bonchev–Trinajstić information content (AvgIpc) is 3.07. The molecule has 1 aliphatic rings. The lowest BCUT2D eigenvalue weighted by molar-refractivity contribution is -0.420. The molecule has 1 aromatic rings. The molecule has 0 spiro atoms. The monoisotopic (exact) mass is 337 g/mol. The van der Waals surface area contributed by atoms with Gasteiger partial charge in [-0.2, -0.15) is 0 Å². The number of carbonyl (C=O) groups excluding carboxylic acids is 1. The lowest BCUT2D eigenvalue weighted by Gasteiger charge is -2.14. The molecule has 1 aliphatic heterocycles. The van der Waals surface area contributed by atoms with Crippen LogP contribution in [0.2, 0.25) is 0 Å². The van der Waals surface area contributed by atoms with Crippen molar-refractivity contribution in [2.45, 2.75) is 32.4 Å². The number of phenols is 1. The Bertz CT molecular complexity index is 617. The first-order valence-corrected chi connectivity index (χ1v) is 8.04. The van der Waals surface area contributed by atoms with E-state index in [2.05, 4.69) is 10.7 Å². The third-order valence-electron chi connectivity index (χ3n) is 4.19. The molecular formula is C17H25N2O5+. The van der Waals surface area contributed by atoms with Gasteiger partial charge >= 0.3 is 5.97 Å². The van der Waals surface area contributed by atoms with Gasteiger partial charge in [-0.25, -0.2) is 9.79 Å². The largest absolute Gasteiger partial charge is 0.504 e. The van der Waals surface area contributed by atoms with Crippen LogP contribution in [0.25, 0.3) is 0 Å². The lowest BCUT2D eigenvalue weighted by Crippen LogP contribution is -2.68. The van der Waals surface area contributed by atoms with Crippen LogP contribution >= 0.6 is 0 Å². The predicted molar refractivity (Wildman–Crippen MR) is 88.0 cm³/mol. The summed E-state index contributed by atoms with van der Waals surface area (Å²) in [6.45, 7) is 4.51. The molecule has 2 rings (SSSR count). The van der Waals surface area contributed by atoms with E-state index in [0.717, 1.165) is 6.42 Å². The van der Waals surface area contributed by atoms with Crippen molar-refractivity contribution in [3.05, 3.63) is 23.8 Å². The van der Waals surface area contributed by atoms with Gasteiger partial charge in [-0.15, -0.1) is 0 Å². The van der Waals surface area contributed by atoms with Gasteiger partial charge in [-0.3, -0.25) is 0 Å².